The summed E-state index contributed by atoms with van der Waals surface area (Å²) >= 11 is 1.47. The molecule has 0 saturated carbocycles. The van der Waals surface area contributed by atoms with Crippen molar-refractivity contribution in [2.45, 2.75) is 24.5 Å². The number of hydrogen-bond acceptors (Lipinski definition) is 6. The summed E-state index contributed by atoms with van der Waals surface area (Å²) in [6, 6.07) is 7.68. The fraction of sp³-hybridized carbons (Fsp3) is 0.294. The van der Waals surface area contributed by atoms with E-state index in [1.54, 1.807) is 35.8 Å². The molecular formula is C17H17N3O4S. The Morgan fingerprint density at radius 1 is 1.32 bits per heavy atom. The number of hydrogen-bond donors (Lipinski definition) is 1. The van der Waals surface area contributed by atoms with Crippen LogP contribution in [-0.4, -0.2) is 33.8 Å². The van der Waals surface area contributed by atoms with Crippen molar-refractivity contribution in [3.8, 4) is 0 Å². The van der Waals surface area contributed by atoms with Crippen molar-refractivity contribution in [2.75, 3.05) is 17.7 Å². The summed E-state index contributed by atoms with van der Waals surface area (Å²) in [6.45, 7) is 2.05. The summed E-state index contributed by atoms with van der Waals surface area (Å²) in [5.74, 6) is 0.0477. The Labute approximate surface area is 148 Å². The van der Waals surface area contributed by atoms with Crippen molar-refractivity contribution < 1.29 is 14.3 Å². The highest BCUT2D eigenvalue weighted by Gasteiger charge is 2.26. The highest BCUT2D eigenvalue weighted by molar-refractivity contribution is 7.99. The number of nitrogens with one attached hydrogen (secondary N) is 1. The van der Waals surface area contributed by atoms with Crippen molar-refractivity contribution in [2.24, 2.45) is 0 Å². The van der Waals surface area contributed by atoms with E-state index in [1.165, 1.54) is 24.0 Å². The van der Waals surface area contributed by atoms with Crippen molar-refractivity contribution in [3.63, 3.8) is 0 Å². The van der Waals surface area contributed by atoms with Gasteiger partial charge in [0.2, 0.25) is 5.91 Å². The first-order valence-electron chi connectivity index (χ1n) is 7.86. The summed E-state index contributed by atoms with van der Waals surface area (Å²) in [5, 5.41) is 3.42. The number of fused-ring (bicyclic) bond motifs is 1. The molecule has 0 radical (unpaired) electrons. The van der Waals surface area contributed by atoms with E-state index in [0.717, 1.165) is 0 Å². The average Bonchev–Trinajstić information content (AvgIpc) is 3.00. The molecular weight excluding hydrogens is 342 g/mol. The largest absolute Gasteiger partial charge is 0.462 e. The van der Waals surface area contributed by atoms with Gasteiger partial charge in [0.1, 0.15) is 0 Å². The molecule has 130 valence electrons. The first-order valence-corrected chi connectivity index (χ1v) is 8.84. The first kappa shape index (κ1) is 17.2. The Balaban J connectivity index is 1.63. The Hall–Kier alpha value is -2.61. The second-order valence-electron chi connectivity index (χ2n) is 5.45. The molecule has 1 unspecified atom stereocenters. The molecule has 0 bridgehead atoms. The zero-order valence-electron chi connectivity index (χ0n) is 13.6. The molecule has 1 atom stereocenters. The smallest absolute Gasteiger partial charge is 0.338 e. The van der Waals surface area contributed by atoms with Crippen molar-refractivity contribution in [1.29, 1.82) is 0 Å². The molecule has 25 heavy (non-hydrogen) atoms. The molecule has 1 aromatic heterocycles. The third kappa shape index (κ3) is 3.90. The van der Waals surface area contributed by atoms with Gasteiger partial charge in [-0.25, -0.2) is 9.78 Å². The highest BCUT2D eigenvalue weighted by atomic mass is 32.2. The molecule has 0 saturated heterocycles. The van der Waals surface area contributed by atoms with E-state index in [2.05, 4.69) is 10.3 Å². The number of rotatable bonds is 5. The maximum absolute atomic E-state index is 12.3. The second-order valence-corrected chi connectivity index (χ2v) is 6.44. The number of carbonyl (C=O) groups is 2. The highest BCUT2D eigenvalue weighted by Crippen LogP contribution is 2.31. The summed E-state index contributed by atoms with van der Waals surface area (Å²) in [7, 11) is 0. The second kappa shape index (κ2) is 7.52. The average molecular weight is 359 g/mol. The van der Waals surface area contributed by atoms with Crippen molar-refractivity contribution in [3.05, 3.63) is 52.4 Å². The van der Waals surface area contributed by atoms with Crippen LogP contribution in [0.5, 0.6) is 0 Å². The normalized spacial score (nSPS) is 15.5. The molecule has 0 spiro atoms. The van der Waals surface area contributed by atoms with Gasteiger partial charge in [0.15, 0.2) is 5.16 Å². The van der Waals surface area contributed by atoms with Crippen LogP contribution in [0.4, 0.5) is 5.69 Å². The Morgan fingerprint density at radius 2 is 2.08 bits per heavy atom. The van der Waals surface area contributed by atoms with Crippen LogP contribution in [0, 0.1) is 0 Å². The number of anilines is 1. The number of thioether (sulfide) groups is 1. The van der Waals surface area contributed by atoms with Crippen LogP contribution in [0.3, 0.4) is 0 Å². The molecule has 2 aromatic rings. The van der Waals surface area contributed by atoms with Crippen LogP contribution in [0.15, 0.2) is 46.5 Å². The van der Waals surface area contributed by atoms with E-state index in [4.69, 9.17) is 4.74 Å². The van der Waals surface area contributed by atoms with Crippen molar-refractivity contribution in [1.82, 2.24) is 9.55 Å². The maximum Gasteiger partial charge on any atom is 0.338 e. The van der Waals surface area contributed by atoms with Gasteiger partial charge in [-0.3, -0.25) is 14.2 Å². The molecule has 1 N–H and O–H groups in total. The number of benzene rings is 1. The summed E-state index contributed by atoms with van der Waals surface area (Å²) in [4.78, 5) is 40.0. The van der Waals surface area contributed by atoms with Crippen LogP contribution in [0.2, 0.25) is 0 Å². The quantitative estimate of drug-likeness (QED) is 0.649. The van der Waals surface area contributed by atoms with Gasteiger partial charge in [0.25, 0.3) is 5.56 Å². The number of amides is 1. The summed E-state index contributed by atoms with van der Waals surface area (Å²) in [6.07, 6.45) is 1.67. The molecule has 1 amide bonds. The molecule has 1 aliphatic heterocycles. The Bertz CT molecular complexity index is 848. The van der Waals surface area contributed by atoms with Gasteiger partial charge in [-0.1, -0.05) is 11.8 Å². The molecule has 0 fully saturated rings. The van der Waals surface area contributed by atoms with Gasteiger partial charge >= 0.3 is 5.97 Å². The fourth-order valence-corrected chi connectivity index (χ4v) is 3.69. The minimum absolute atomic E-state index is 0.147. The van der Waals surface area contributed by atoms with E-state index in [1.807, 2.05) is 0 Å². The van der Waals surface area contributed by atoms with Crippen LogP contribution in [0.1, 0.15) is 29.7 Å². The molecule has 1 aromatic carbocycles. The third-order valence-electron chi connectivity index (χ3n) is 3.72. The van der Waals surface area contributed by atoms with E-state index in [-0.39, 0.29) is 23.9 Å². The van der Waals surface area contributed by atoms with Crippen LogP contribution < -0.4 is 10.9 Å². The van der Waals surface area contributed by atoms with Gasteiger partial charge < -0.3 is 10.1 Å². The molecule has 2 heterocycles. The standard InChI is InChI=1S/C17H17N3O4S/c1-2-24-16(23)11-3-5-12(6-4-11)19-14(21)9-13-10-25-17-18-8-7-15(22)20(13)17/h3-8,13H,2,9-10H2,1H3,(H,19,21). The van der Waals surface area contributed by atoms with Gasteiger partial charge in [0.05, 0.1) is 18.2 Å². The third-order valence-corrected chi connectivity index (χ3v) is 4.83. The zero-order chi connectivity index (χ0) is 17.8. The molecule has 8 heteroatoms. The topological polar surface area (TPSA) is 90.3 Å². The minimum atomic E-state index is -0.396. The lowest BCUT2D eigenvalue weighted by Gasteiger charge is -2.13. The van der Waals surface area contributed by atoms with E-state index in [0.29, 0.717) is 28.8 Å². The van der Waals surface area contributed by atoms with Gasteiger partial charge in [0, 0.05) is 30.1 Å². The lowest BCUT2D eigenvalue weighted by Crippen LogP contribution is -2.26. The Morgan fingerprint density at radius 3 is 2.80 bits per heavy atom. The number of carbonyl (C=O) groups excluding carboxylic acids is 2. The van der Waals surface area contributed by atoms with E-state index in [9.17, 15) is 14.4 Å². The van der Waals surface area contributed by atoms with Crippen LogP contribution >= 0.6 is 11.8 Å². The van der Waals surface area contributed by atoms with Crippen LogP contribution in [0.25, 0.3) is 0 Å². The number of esters is 1. The predicted molar refractivity (Wildman–Crippen MR) is 93.9 cm³/mol. The molecule has 1 aliphatic rings. The van der Waals surface area contributed by atoms with Crippen molar-refractivity contribution >= 4 is 29.3 Å². The summed E-state index contributed by atoms with van der Waals surface area (Å²) < 4.78 is 6.48. The lowest BCUT2D eigenvalue weighted by molar-refractivity contribution is -0.116. The van der Waals surface area contributed by atoms with E-state index < -0.39 is 5.97 Å². The molecule has 0 aliphatic carbocycles. The van der Waals surface area contributed by atoms with Gasteiger partial charge in [-0.15, -0.1) is 0 Å². The SMILES string of the molecule is CCOC(=O)c1ccc(NC(=O)CC2CSc3nccc(=O)n32)cc1. The Kier molecular flexibility index (Phi) is 5.18. The monoisotopic (exact) mass is 359 g/mol. The number of aromatic nitrogens is 2. The minimum Gasteiger partial charge on any atom is -0.462 e. The first-order chi connectivity index (χ1) is 12.1. The van der Waals surface area contributed by atoms with Gasteiger partial charge in [-0.05, 0) is 31.2 Å². The maximum atomic E-state index is 12.3. The predicted octanol–water partition coefficient (Wildman–Crippen LogP) is 2.10. The van der Waals surface area contributed by atoms with E-state index >= 15 is 0 Å². The lowest BCUT2D eigenvalue weighted by atomic mass is 10.2. The molecule has 7 nitrogen and oxygen atoms in total. The number of nitrogens with zero attached hydrogens (tertiary/aromatic N) is 2. The zero-order valence-corrected chi connectivity index (χ0v) is 14.4. The van der Waals surface area contributed by atoms with Crippen LogP contribution in [-0.2, 0) is 9.53 Å². The number of ether oxygens (including phenoxy) is 1. The fourth-order valence-electron chi connectivity index (χ4n) is 2.57. The summed E-state index contributed by atoms with van der Waals surface area (Å²) in [5.41, 5.74) is 0.868. The molecule has 3 rings (SSSR count). The van der Waals surface area contributed by atoms with Gasteiger partial charge in [-0.2, -0.15) is 0 Å².